The third-order valence-electron chi connectivity index (χ3n) is 10.8. The number of aryl methyl sites for hydroxylation is 1. The Bertz CT molecular complexity index is 1890. The van der Waals surface area contributed by atoms with Crippen LogP contribution < -0.4 is 21.3 Å². The van der Waals surface area contributed by atoms with Crippen molar-refractivity contribution in [3.05, 3.63) is 107 Å². The summed E-state index contributed by atoms with van der Waals surface area (Å²) in [5, 5.41) is 12.5. The fourth-order valence-corrected chi connectivity index (χ4v) is 7.56. The van der Waals surface area contributed by atoms with E-state index in [1.165, 1.54) is 16.8 Å². The summed E-state index contributed by atoms with van der Waals surface area (Å²) in [4.78, 5) is 53.0. The third kappa shape index (κ3) is 10.7. The lowest BCUT2D eigenvalue weighted by Crippen LogP contribution is -2.48. The van der Waals surface area contributed by atoms with Crippen LogP contribution in [0.25, 0.3) is 11.3 Å². The van der Waals surface area contributed by atoms with Crippen LogP contribution in [0.4, 0.5) is 11.6 Å². The van der Waals surface area contributed by atoms with E-state index in [1.54, 1.807) is 13.1 Å². The number of nitrogens with one attached hydrogen (secondary N) is 4. The minimum atomic E-state index is -0.543. The number of aldehydes is 1. The Labute approximate surface area is 325 Å². The molecule has 12 nitrogen and oxygen atoms in total. The highest BCUT2D eigenvalue weighted by Gasteiger charge is 2.27. The van der Waals surface area contributed by atoms with Gasteiger partial charge in [-0.05, 0) is 98.8 Å². The number of amides is 2. The molecule has 0 saturated carbocycles. The maximum Gasteiger partial charge on any atom is 0.253 e. The zero-order valence-electron chi connectivity index (χ0n) is 32.4. The molecule has 2 saturated heterocycles. The van der Waals surface area contributed by atoms with Crippen LogP contribution >= 0.6 is 0 Å². The van der Waals surface area contributed by atoms with Gasteiger partial charge < -0.3 is 35.9 Å². The van der Waals surface area contributed by atoms with Crippen LogP contribution in [0.5, 0.6) is 0 Å². The average molecular weight is 746 g/mol. The van der Waals surface area contributed by atoms with Gasteiger partial charge in [-0.2, -0.15) is 0 Å². The normalized spacial score (nSPS) is 17.1. The van der Waals surface area contributed by atoms with Gasteiger partial charge in [-0.3, -0.25) is 14.5 Å². The van der Waals surface area contributed by atoms with Crippen LogP contribution in [-0.2, 0) is 16.1 Å². The number of likely N-dealkylation sites (N-methyl/N-ethyl adjacent to an activating group) is 1. The van der Waals surface area contributed by atoms with Crippen molar-refractivity contribution in [2.45, 2.75) is 51.6 Å². The number of aromatic nitrogens is 2. The first-order chi connectivity index (χ1) is 26.8. The predicted octanol–water partition coefficient (Wildman–Crippen LogP) is 4.99. The predicted molar refractivity (Wildman–Crippen MR) is 218 cm³/mol. The summed E-state index contributed by atoms with van der Waals surface area (Å²) in [7, 11) is 3.54. The van der Waals surface area contributed by atoms with Gasteiger partial charge in [-0.1, -0.05) is 24.3 Å². The lowest BCUT2D eigenvalue weighted by atomic mass is 9.95. The van der Waals surface area contributed by atoms with Gasteiger partial charge in [0, 0.05) is 107 Å². The van der Waals surface area contributed by atoms with E-state index < -0.39 is 6.04 Å². The van der Waals surface area contributed by atoms with Gasteiger partial charge in [0.05, 0.1) is 5.69 Å². The Morgan fingerprint density at radius 1 is 0.982 bits per heavy atom. The molecular weight excluding hydrogens is 691 g/mol. The minimum Gasteiger partial charge on any atom is -0.374 e. The number of hydrogen-bond donors (Lipinski definition) is 4. The second-order valence-electron chi connectivity index (χ2n) is 14.6. The zero-order chi connectivity index (χ0) is 38.6. The molecule has 4 N–H and O–H groups in total. The molecule has 290 valence electrons. The summed E-state index contributed by atoms with van der Waals surface area (Å²) in [6.45, 7) is 9.48. The second-order valence-corrected chi connectivity index (χ2v) is 14.6. The van der Waals surface area contributed by atoms with Crippen LogP contribution in [0.3, 0.4) is 0 Å². The maximum atomic E-state index is 13.5. The Kier molecular flexibility index (Phi) is 13.8. The SMILES string of the molecule is CNCc1ccc(-c2ccnc(NC3=CC=C(N4CCN(CC5CCN(C(=O)c6cccc(NC(CCC=O)C(=O)NC)c6)CC5)CC4)C=CC3)n2)cc1C. The Hall–Kier alpha value is -5.33. The maximum absolute atomic E-state index is 13.5. The molecule has 0 spiro atoms. The largest absolute Gasteiger partial charge is 0.374 e. The molecule has 3 aliphatic rings. The van der Waals surface area contributed by atoms with E-state index in [1.807, 2.05) is 42.4 Å². The molecule has 2 fully saturated rings. The fourth-order valence-electron chi connectivity index (χ4n) is 7.56. The fraction of sp³-hybridized carbons (Fsp3) is 0.419. The average Bonchev–Trinajstić information content (AvgIpc) is 3.46. The summed E-state index contributed by atoms with van der Waals surface area (Å²) in [6, 6.07) is 15.2. The Morgan fingerprint density at radius 3 is 2.55 bits per heavy atom. The molecule has 3 heterocycles. The molecule has 0 bridgehead atoms. The van der Waals surface area contributed by atoms with E-state index in [-0.39, 0.29) is 18.2 Å². The van der Waals surface area contributed by atoms with Gasteiger partial charge in [0.1, 0.15) is 12.3 Å². The van der Waals surface area contributed by atoms with Crippen molar-refractivity contribution < 1.29 is 14.4 Å². The number of allylic oxidation sites excluding steroid dienone is 4. The molecule has 2 amide bonds. The van der Waals surface area contributed by atoms with Gasteiger partial charge >= 0.3 is 0 Å². The monoisotopic (exact) mass is 745 g/mol. The van der Waals surface area contributed by atoms with E-state index in [4.69, 9.17) is 4.98 Å². The topological polar surface area (TPSA) is 135 Å². The van der Waals surface area contributed by atoms with Crippen LogP contribution in [0, 0.1) is 12.8 Å². The van der Waals surface area contributed by atoms with Crippen molar-refractivity contribution in [2.24, 2.45) is 5.92 Å². The Morgan fingerprint density at radius 2 is 1.80 bits per heavy atom. The number of likely N-dealkylation sites (tertiary alicyclic amines) is 1. The minimum absolute atomic E-state index is 0.0134. The van der Waals surface area contributed by atoms with E-state index in [0.29, 0.717) is 29.5 Å². The number of rotatable bonds is 15. The van der Waals surface area contributed by atoms with Crippen molar-refractivity contribution in [3.8, 4) is 11.3 Å². The highest BCUT2D eigenvalue weighted by molar-refractivity contribution is 5.95. The summed E-state index contributed by atoms with van der Waals surface area (Å²) >= 11 is 0. The number of hydrogen-bond acceptors (Lipinski definition) is 10. The molecule has 1 aromatic heterocycles. The van der Waals surface area contributed by atoms with Crippen LogP contribution in [0.1, 0.15) is 53.6 Å². The number of benzene rings is 2. The smallest absolute Gasteiger partial charge is 0.253 e. The van der Waals surface area contributed by atoms with Gasteiger partial charge in [0.15, 0.2) is 0 Å². The van der Waals surface area contributed by atoms with E-state index in [0.717, 1.165) is 94.9 Å². The molecule has 1 unspecified atom stereocenters. The molecular formula is C43H55N9O3. The molecule has 3 aromatic rings. The standard InChI is InChI=1S/C43H55N9O3/c1-31-27-33(12-13-35(31)29-44-2)39-16-19-46-43(49-39)48-36-8-5-10-38(15-14-36)51-24-22-50(23-25-51)30-32-17-20-52(21-18-32)42(55)34-7-4-9-37(28-34)47-40(11-6-26-53)41(54)45-3/h4-5,7,9-10,12-16,19,26-28,32,40,44,47H,6,8,11,17-18,20-25,29-30H2,1-3H3,(H,45,54)(H,46,48,49). The third-order valence-corrected chi connectivity index (χ3v) is 10.8. The lowest BCUT2D eigenvalue weighted by molar-refractivity contribution is -0.121. The summed E-state index contributed by atoms with van der Waals surface area (Å²) in [5.74, 6) is 0.980. The van der Waals surface area contributed by atoms with Crippen LogP contribution in [0.15, 0.2) is 90.4 Å². The summed E-state index contributed by atoms with van der Waals surface area (Å²) in [5.41, 5.74) is 8.06. The molecule has 12 heteroatoms. The Balaban J connectivity index is 0.955. The van der Waals surface area contributed by atoms with Crippen molar-refractivity contribution in [1.82, 2.24) is 35.3 Å². The van der Waals surface area contributed by atoms with E-state index in [9.17, 15) is 14.4 Å². The number of carbonyl (C=O) groups is 3. The van der Waals surface area contributed by atoms with E-state index >= 15 is 0 Å². The summed E-state index contributed by atoms with van der Waals surface area (Å²) < 4.78 is 0. The first kappa shape index (κ1) is 39.4. The molecule has 2 aliphatic heterocycles. The van der Waals surface area contributed by atoms with E-state index in [2.05, 4.69) is 85.5 Å². The first-order valence-corrected chi connectivity index (χ1v) is 19.5. The first-order valence-electron chi connectivity index (χ1n) is 19.5. The van der Waals surface area contributed by atoms with Crippen molar-refractivity contribution in [2.75, 3.05) is 70.5 Å². The molecule has 0 radical (unpaired) electrons. The molecule has 1 aliphatic carbocycles. The van der Waals surface area contributed by atoms with Crippen molar-refractivity contribution in [3.63, 3.8) is 0 Å². The zero-order valence-corrected chi connectivity index (χ0v) is 32.4. The van der Waals surface area contributed by atoms with Crippen molar-refractivity contribution >= 4 is 29.7 Å². The number of carbonyl (C=O) groups excluding carboxylic acids is 3. The van der Waals surface area contributed by atoms with Gasteiger partial charge in [0.25, 0.3) is 5.91 Å². The highest BCUT2D eigenvalue weighted by Crippen LogP contribution is 2.25. The highest BCUT2D eigenvalue weighted by atomic mass is 16.2. The van der Waals surface area contributed by atoms with Crippen LogP contribution in [0.2, 0.25) is 0 Å². The number of nitrogens with zero attached hydrogens (tertiary/aromatic N) is 5. The number of piperidine rings is 1. The van der Waals surface area contributed by atoms with Crippen LogP contribution in [-0.4, -0.2) is 109 Å². The van der Waals surface area contributed by atoms with Gasteiger partial charge in [-0.15, -0.1) is 0 Å². The van der Waals surface area contributed by atoms with Gasteiger partial charge in [0.2, 0.25) is 11.9 Å². The van der Waals surface area contributed by atoms with Crippen molar-refractivity contribution in [1.29, 1.82) is 0 Å². The second kappa shape index (κ2) is 19.3. The lowest BCUT2D eigenvalue weighted by Gasteiger charge is -2.40. The molecule has 1 atom stereocenters. The number of anilines is 2. The number of piperazine rings is 1. The molecule has 2 aromatic carbocycles. The quantitative estimate of drug-likeness (QED) is 0.158. The molecule has 55 heavy (non-hydrogen) atoms. The van der Waals surface area contributed by atoms with Gasteiger partial charge in [-0.25, -0.2) is 9.97 Å². The molecule has 6 rings (SSSR count). The summed E-state index contributed by atoms with van der Waals surface area (Å²) in [6.07, 6.45) is 14.8.